The Balaban J connectivity index is 1.25. The summed E-state index contributed by atoms with van der Waals surface area (Å²) in [6.07, 6.45) is 2.85. The molecule has 3 N–H and O–H groups in total. The number of para-hydroxylation sites is 1. The van der Waals surface area contributed by atoms with Crippen LogP contribution in [0.3, 0.4) is 0 Å². The van der Waals surface area contributed by atoms with E-state index >= 15 is 0 Å². The van der Waals surface area contributed by atoms with Crippen LogP contribution < -0.4 is 15.5 Å². The zero-order chi connectivity index (χ0) is 21.6. The largest absolute Gasteiger partial charge is 0.393 e. The van der Waals surface area contributed by atoms with Gasteiger partial charge in [0.25, 0.3) is 5.91 Å². The second-order valence-electron chi connectivity index (χ2n) is 8.30. The van der Waals surface area contributed by atoms with Gasteiger partial charge in [-0.1, -0.05) is 18.2 Å². The predicted molar refractivity (Wildman–Crippen MR) is 121 cm³/mol. The van der Waals surface area contributed by atoms with E-state index in [1.54, 1.807) is 0 Å². The van der Waals surface area contributed by atoms with Crippen molar-refractivity contribution >= 4 is 23.3 Å². The van der Waals surface area contributed by atoms with E-state index in [2.05, 4.69) is 15.5 Å². The van der Waals surface area contributed by atoms with Gasteiger partial charge in [0.1, 0.15) is 0 Å². The number of piperidine rings is 2. The molecule has 2 fully saturated rings. The fourth-order valence-corrected chi connectivity index (χ4v) is 4.22. The molecule has 7 nitrogen and oxygen atoms in total. The van der Waals surface area contributed by atoms with Gasteiger partial charge in [-0.25, -0.2) is 4.79 Å². The maximum atomic E-state index is 12.9. The number of aliphatic hydroxyl groups excluding tert-OH is 1. The normalized spacial score (nSPS) is 18.0. The minimum Gasteiger partial charge on any atom is -0.393 e. The molecule has 0 saturated carbocycles. The Kier molecular flexibility index (Phi) is 6.72. The Labute approximate surface area is 183 Å². The molecule has 2 saturated heterocycles. The first kappa shape index (κ1) is 21.2. The van der Waals surface area contributed by atoms with E-state index in [1.165, 1.54) is 0 Å². The summed E-state index contributed by atoms with van der Waals surface area (Å²) in [4.78, 5) is 29.2. The van der Waals surface area contributed by atoms with Gasteiger partial charge in [-0.05, 0) is 62.1 Å². The molecule has 3 amide bonds. The van der Waals surface area contributed by atoms with E-state index in [0.717, 1.165) is 50.1 Å². The zero-order valence-corrected chi connectivity index (χ0v) is 17.7. The Bertz CT molecular complexity index is 871. The van der Waals surface area contributed by atoms with Crippen molar-refractivity contribution in [1.29, 1.82) is 0 Å². The zero-order valence-electron chi connectivity index (χ0n) is 17.7. The van der Waals surface area contributed by atoms with Gasteiger partial charge in [0.15, 0.2) is 0 Å². The summed E-state index contributed by atoms with van der Waals surface area (Å²) in [6, 6.07) is 17.0. The second kappa shape index (κ2) is 9.83. The first-order valence-electron chi connectivity index (χ1n) is 11.0. The number of hydrogen-bond donors (Lipinski definition) is 3. The van der Waals surface area contributed by atoms with Crippen LogP contribution in [0.25, 0.3) is 0 Å². The maximum Gasteiger partial charge on any atom is 0.319 e. The molecule has 2 aliphatic heterocycles. The number of aliphatic hydroxyl groups is 1. The van der Waals surface area contributed by atoms with Crippen LogP contribution in [-0.4, -0.2) is 60.3 Å². The van der Waals surface area contributed by atoms with Gasteiger partial charge in [-0.3, -0.25) is 4.79 Å². The summed E-state index contributed by atoms with van der Waals surface area (Å²) in [7, 11) is 0. The molecule has 31 heavy (non-hydrogen) atoms. The van der Waals surface area contributed by atoms with Crippen molar-refractivity contribution in [2.24, 2.45) is 0 Å². The fourth-order valence-electron chi connectivity index (χ4n) is 4.22. The molecular formula is C24H30N4O3. The molecule has 7 heteroatoms. The van der Waals surface area contributed by atoms with Crippen molar-refractivity contribution in [2.45, 2.75) is 37.8 Å². The van der Waals surface area contributed by atoms with Crippen molar-refractivity contribution < 1.29 is 14.7 Å². The highest BCUT2D eigenvalue weighted by Gasteiger charge is 2.25. The van der Waals surface area contributed by atoms with E-state index in [0.29, 0.717) is 18.7 Å². The molecule has 4 rings (SSSR count). The summed E-state index contributed by atoms with van der Waals surface area (Å²) < 4.78 is 0. The third-order valence-electron chi connectivity index (χ3n) is 6.09. The van der Waals surface area contributed by atoms with Gasteiger partial charge in [-0.15, -0.1) is 0 Å². The van der Waals surface area contributed by atoms with Crippen LogP contribution in [0.2, 0.25) is 0 Å². The number of nitrogens with zero attached hydrogens (tertiary/aromatic N) is 2. The van der Waals surface area contributed by atoms with Gasteiger partial charge in [0.05, 0.1) is 6.10 Å². The monoisotopic (exact) mass is 422 g/mol. The average Bonchev–Trinajstić information content (AvgIpc) is 2.80. The molecule has 0 bridgehead atoms. The van der Waals surface area contributed by atoms with E-state index in [1.807, 2.05) is 59.5 Å². The number of hydrogen-bond acceptors (Lipinski definition) is 4. The Hall–Kier alpha value is -3.06. The standard InChI is InChI=1S/C24H30N4O3/c29-22-12-16-27(17-13-22)21-8-6-18(7-9-21)23(30)28-14-10-20(11-15-28)26-24(31)25-19-4-2-1-3-5-19/h1-9,20,22,29H,10-17H2,(H2,25,26,31). The summed E-state index contributed by atoms with van der Waals surface area (Å²) in [5.41, 5.74) is 2.54. The molecule has 2 aromatic rings. The number of amides is 3. The molecular weight excluding hydrogens is 392 g/mol. The molecule has 0 radical (unpaired) electrons. The summed E-state index contributed by atoms with van der Waals surface area (Å²) in [6.45, 7) is 2.93. The van der Waals surface area contributed by atoms with Gasteiger partial charge in [0.2, 0.25) is 0 Å². The first-order chi connectivity index (χ1) is 15.1. The average molecular weight is 423 g/mol. The fraction of sp³-hybridized carbons (Fsp3) is 0.417. The van der Waals surface area contributed by atoms with Crippen molar-refractivity contribution in [2.75, 3.05) is 36.4 Å². The summed E-state index contributed by atoms with van der Waals surface area (Å²) in [5.74, 6) is 0.0350. The molecule has 0 spiro atoms. The molecule has 0 aliphatic carbocycles. The molecule has 164 valence electrons. The lowest BCUT2D eigenvalue weighted by Gasteiger charge is -2.33. The number of carbonyl (C=O) groups is 2. The number of rotatable bonds is 4. The number of anilines is 2. The van der Waals surface area contributed by atoms with Crippen LogP contribution in [0, 0.1) is 0 Å². The van der Waals surface area contributed by atoms with Crippen LogP contribution in [-0.2, 0) is 0 Å². The van der Waals surface area contributed by atoms with Crippen LogP contribution in [0.1, 0.15) is 36.0 Å². The van der Waals surface area contributed by atoms with Crippen molar-refractivity contribution in [1.82, 2.24) is 10.2 Å². The minimum atomic E-state index is -0.211. The quantitative estimate of drug-likeness (QED) is 0.707. The molecule has 2 aromatic carbocycles. The minimum absolute atomic E-state index is 0.0350. The number of carbonyl (C=O) groups excluding carboxylic acids is 2. The van der Waals surface area contributed by atoms with Crippen LogP contribution >= 0.6 is 0 Å². The molecule has 0 atom stereocenters. The lowest BCUT2D eigenvalue weighted by Crippen LogP contribution is -2.47. The van der Waals surface area contributed by atoms with Crippen LogP contribution in [0.5, 0.6) is 0 Å². The van der Waals surface area contributed by atoms with Gasteiger partial charge in [-0.2, -0.15) is 0 Å². The highest BCUT2D eigenvalue weighted by Crippen LogP contribution is 2.22. The highest BCUT2D eigenvalue weighted by molar-refractivity contribution is 5.94. The predicted octanol–water partition coefficient (Wildman–Crippen LogP) is 3.07. The Morgan fingerprint density at radius 1 is 0.839 bits per heavy atom. The Morgan fingerprint density at radius 3 is 2.13 bits per heavy atom. The summed E-state index contributed by atoms with van der Waals surface area (Å²) in [5, 5.41) is 15.5. The van der Waals surface area contributed by atoms with Gasteiger partial charge < -0.3 is 25.5 Å². The topological polar surface area (TPSA) is 84.9 Å². The Morgan fingerprint density at radius 2 is 1.48 bits per heavy atom. The van der Waals surface area contributed by atoms with Crippen LogP contribution in [0.15, 0.2) is 54.6 Å². The number of nitrogens with one attached hydrogen (secondary N) is 2. The van der Waals surface area contributed by atoms with Crippen LogP contribution in [0.4, 0.5) is 16.2 Å². The van der Waals surface area contributed by atoms with E-state index < -0.39 is 0 Å². The first-order valence-corrected chi connectivity index (χ1v) is 11.0. The number of likely N-dealkylation sites (tertiary alicyclic amines) is 1. The third kappa shape index (κ3) is 5.55. The molecule has 0 aromatic heterocycles. The summed E-state index contributed by atoms with van der Waals surface area (Å²) >= 11 is 0. The van der Waals surface area contributed by atoms with E-state index in [-0.39, 0.29) is 24.1 Å². The second-order valence-corrected chi connectivity index (χ2v) is 8.30. The van der Waals surface area contributed by atoms with E-state index in [9.17, 15) is 14.7 Å². The molecule has 2 heterocycles. The van der Waals surface area contributed by atoms with Crippen molar-refractivity contribution in [3.8, 4) is 0 Å². The van der Waals surface area contributed by atoms with Crippen molar-refractivity contribution in [3.63, 3.8) is 0 Å². The van der Waals surface area contributed by atoms with Crippen molar-refractivity contribution in [3.05, 3.63) is 60.2 Å². The maximum absolute atomic E-state index is 12.9. The lowest BCUT2D eigenvalue weighted by molar-refractivity contribution is 0.0709. The molecule has 2 aliphatic rings. The number of benzene rings is 2. The highest BCUT2D eigenvalue weighted by atomic mass is 16.3. The third-order valence-corrected chi connectivity index (χ3v) is 6.09. The smallest absolute Gasteiger partial charge is 0.319 e. The SMILES string of the molecule is O=C(Nc1ccccc1)NC1CCN(C(=O)c2ccc(N3CCC(O)CC3)cc2)CC1. The number of urea groups is 1. The van der Waals surface area contributed by atoms with E-state index in [4.69, 9.17) is 0 Å². The van der Waals surface area contributed by atoms with Gasteiger partial charge >= 0.3 is 6.03 Å². The van der Waals surface area contributed by atoms with Gasteiger partial charge in [0, 0.05) is 49.2 Å². The molecule has 0 unspecified atom stereocenters. The lowest BCUT2D eigenvalue weighted by atomic mass is 10.0.